The number of halogens is 1. The Morgan fingerprint density at radius 2 is 1.81 bits per heavy atom. The van der Waals surface area contributed by atoms with Crippen molar-refractivity contribution < 1.29 is 19.1 Å². The Balaban J connectivity index is 0.00000272. The molecular weight excluding hydrogens is 418 g/mol. The van der Waals surface area contributed by atoms with E-state index >= 15 is 0 Å². The minimum absolute atomic E-state index is 0. The maximum Gasteiger partial charge on any atom is 0.332 e. The highest BCUT2D eigenvalue weighted by Gasteiger charge is 2.41. The van der Waals surface area contributed by atoms with Crippen molar-refractivity contribution in [3.63, 3.8) is 0 Å². The number of carbonyl (C=O) groups is 3. The van der Waals surface area contributed by atoms with Crippen LogP contribution in [0.25, 0.3) is 0 Å². The van der Waals surface area contributed by atoms with Gasteiger partial charge in [-0.05, 0) is 87.2 Å². The van der Waals surface area contributed by atoms with Gasteiger partial charge in [0.25, 0.3) is 5.91 Å². The summed E-state index contributed by atoms with van der Waals surface area (Å²) >= 11 is 0. The number of hydrogen-bond donors (Lipinski definition) is 1. The van der Waals surface area contributed by atoms with Crippen LogP contribution >= 0.6 is 12.4 Å². The van der Waals surface area contributed by atoms with Gasteiger partial charge in [0.05, 0.1) is 12.8 Å². The molecule has 1 N–H and O–H groups in total. The lowest BCUT2D eigenvalue weighted by Crippen LogP contribution is -2.41. The minimum atomic E-state index is -0.190. The van der Waals surface area contributed by atoms with E-state index in [1.807, 2.05) is 12.1 Å². The van der Waals surface area contributed by atoms with Crippen molar-refractivity contribution in [3.05, 3.63) is 29.3 Å². The quantitative estimate of drug-likeness (QED) is 0.552. The van der Waals surface area contributed by atoms with Crippen LogP contribution in [-0.2, 0) is 27.2 Å². The number of carbonyl (C=O) groups excluding carboxylic acids is 3. The molecule has 0 atom stereocenters. The van der Waals surface area contributed by atoms with Crippen molar-refractivity contribution in [3.8, 4) is 0 Å². The van der Waals surface area contributed by atoms with Crippen LogP contribution in [0.3, 0.4) is 0 Å². The van der Waals surface area contributed by atoms with Crippen molar-refractivity contribution in [2.45, 2.75) is 57.4 Å². The number of nitrogens with one attached hydrogen (secondary N) is 1. The third-order valence-electron chi connectivity index (χ3n) is 6.82. The molecule has 0 bridgehead atoms. The lowest BCUT2D eigenvalue weighted by molar-refractivity contribution is -0.141. The van der Waals surface area contributed by atoms with Crippen LogP contribution in [0, 0.1) is 5.92 Å². The van der Waals surface area contributed by atoms with Gasteiger partial charge in [0.1, 0.15) is 6.54 Å². The van der Waals surface area contributed by atoms with Crippen LogP contribution in [-0.4, -0.2) is 55.6 Å². The summed E-state index contributed by atoms with van der Waals surface area (Å²) in [5, 5.41) is 3.39. The molecule has 1 aliphatic carbocycles. The second-order valence-corrected chi connectivity index (χ2v) is 8.63. The van der Waals surface area contributed by atoms with Crippen molar-refractivity contribution in [2.24, 2.45) is 5.92 Å². The molecule has 2 fully saturated rings. The highest BCUT2D eigenvalue weighted by atomic mass is 35.5. The predicted octanol–water partition coefficient (Wildman–Crippen LogP) is 3.08. The highest BCUT2D eigenvalue weighted by molar-refractivity contribution is 6.19. The second kappa shape index (κ2) is 10.5. The van der Waals surface area contributed by atoms with Crippen LogP contribution in [0.1, 0.15) is 49.7 Å². The van der Waals surface area contributed by atoms with Crippen LogP contribution < -0.4 is 10.2 Å². The molecule has 7 nitrogen and oxygen atoms in total. The van der Waals surface area contributed by atoms with E-state index in [0.29, 0.717) is 18.0 Å². The molecule has 1 saturated heterocycles. The summed E-state index contributed by atoms with van der Waals surface area (Å²) < 4.78 is 4.73. The molecule has 2 heterocycles. The van der Waals surface area contributed by atoms with E-state index in [1.165, 1.54) is 23.1 Å². The van der Waals surface area contributed by atoms with E-state index < -0.39 is 0 Å². The maximum atomic E-state index is 13.1. The fourth-order valence-corrected chi connectivity index (χ4v) is 5.03. The molecule has 4 rings (SSSR count). The topological polar surface area (TPSA) is 79.0 Å². The average molecular weight is 450 g/mol. The Kier molecular flexibility index (Phi) is 7.94. The number of methoxy groups -OCH3 is 1. The summed E-state index contributed by atoms with van der Waals surface area (Å²) in [4.78, 5) is 40.4. The third-order valence-corrected chi connectivity index (χ3v) is 6.82. The van der Waals surface area contributed by atoms with Crippen molar-refractivity contribution in [1.82, 2.24) is 10.2 Å². The molecule has 8 heteroatoms. The van der Waals surface area contributed by atoms with Crippen molar-refractivity contribution >= 4 is 36.0 Å². The zero-order chi connectivity index (χ0) is 21.1. The van der Waals surface area contributed by atoms with E-state index in [1.54, 1.807) is 4.90 Å². The number of rotatable bonds is 5. The van der Waals surface area contributed by atoms with Gasteiger partial charge in [-0.1, -0.05) is 6.07 Å². The first kappa shape index (κ1) is 23.5. The molecule has 1 aromatic rings. The van der Waals surface area contributed by atoms with E-state index in [0.717, 1.165) is 58.0 Å². The zero-order valence-electron chi connectivity index (χ0n) is 18.1. The number of nitrogens with zero attached hydrogens (tertiary/aromatic N) is 2. The summed E-state index contributed by atoms with van der Waals surface area (Å²) in [5.41, 5.74) is 3.22. The average Bonchev–Trinajstić information content (AvgIpc) is 2.92. The van der Waals surface area contributed by atoms with Gasteiger partial charge in [0.2, 0.25) is 0 Å². The van der Waals surface area contributed by atoms with Gasteiger partial charge in [-0.2, -0.15) is 0 Å². The molecule has 0 radical (unpaired) electrons. The first-order valence-corrected chi connectivity index (χ1v) is 11.1. The van der Waals surface area contributed by atoms with Gasteiger partial charge in [-0.3, -0.25) is 9.59 Å². The Labute approximate surface area is 189 Å². The molecule has 0 unspecified atom stereocenters. The van der Waals surface area contributed by atoms with Gasteiger partial charge in [0.15, 0.2) is 0 Å². The van der Waals surface area contributed by atoms with Gasteiger partial charge >= 0.3 is 12.0 Å². The van der Waals surface area contributed by atoms with Gasteiger partial charge in [-0.25, -0.2) is 9.69 Å². The molecule has 170 valence electrons. The largest absolute Gasteiger partial charge is 0.469 e. The fraction of sp³-hybridized carbons (Fsp3) is 0.609. The predicted molar refractivity (Wildman–Crippen MR) is 121 cm³/mol. The van der Waals surface area contributed by atoms with Crippen molar-refractivity contribution in [1.29, 1.82) is 0 Å². The standard InChI is InChI=1S/C23H31N3O4.ClH/c1-30-22(28)9-4-16-2-6-19(7-3-16)25-15-21(27)26(23(25)29)20-8-5-17-10-12-24-13-11-18(17)14-20;/h5,8,14,16,19,24H,2-4,6-7,9-13,15H2,1H3;1H. The van der Waals surface area contributed by atoms with Crippen LogP contribution in [0.15, 0.2) is 18.2 Å². The van der Waals surface area contributed by atoms with E-state index in [9.17, 15) is 14.4 Å². The number of ether oxygens (including phenoxy) is 1. The number of amides is 3. The first-order valence-electron chi connectivity index (χ1n) is 11.1. The molecule has 0 spiro atoms. The molecule has 0 aromatic heterocycles. The first-order chi connectivity index (χ1) is 14.6. The molecule has 3 aliphatic rings. The number of urea groups is 1. The Morgan fingerprint density at radius 1 is 1.10 bits per heavy atom. The van der Waals surface area contributed by atoms with Gasteiger partial charge in [0, 0.05) is 12.5 Å². The Morgan fingerprint density at radius 3 is 2.52 bits per heavy atom. The van der Waals surface area contributed by atoms with Crippen LogP contribution in [0.4, 0.5) is 10.5 Å². The van der Waals surface area contributed by atoms with Crippen LogP contribution in [0.5, 0.6) is 0 Å². The maximum absolute atomic E-state index is 13.1. The third kappa shape index (κ3) is 5.21. The molecule has 1 saturated carbocycles. The van der Waals surface area contributed by atoms with E-state index in [2.05, 4.69) is 11.4 Å². The number of fused-ring (bicyclic) bond motifs is 1. The minimum Gasteiger partial charge on any atom is -0.469 e. The Hall–Kier alpha value is -2.12. The second-order valence-electron chi connectivity index (χ2n) is 8.63. The number of esters is 1. The summed E-state index contributed by atoms with van der Waals surface area (Å²) in [6, 6.07) is 5.90. The SMILES string of the molecule is COC(=O)CCC1CCC(N2CC(=O)N(c3ccc4c(c3)CCNCC4)C2=O)CC1.Cl. The summed E-state index contributed by atoms with van der Waals surface area (Å²) in [6.07, 6.45) is 6.90. The summed E-state index contributed by atoms with van der Waals surface area (Å²) in [6.45, 7) is 2.04. The summed E-state index contributed by atoms with van der Waals surface area (Å²) in [7, 11) is 1.42. The lowest BCUT2D eigenvalue weighted by Gasteiger charge is -2.33. The number of anilines is 1. The molecule has 1 aromatic carbocycles. The normalized spacial score (nSPS) is 23.8. The fourth-order valence-electron chi connectivity index (χ4n) is 5.03. The molecule has 3 amide bonds. The van der Waals surface area contributed by atoms with Gasteiger partial charge < -0.3 is 15.0 Å². The number of imide groups is 1. The zero-order valence-corrected chi connectivity index (χ0v) is 18.9. The smallest absolute Gasteiger partial charge is 0.332 e. The van der Waals surface area contributed by atoms with Crippen molar-refractivity contribution in [2.75, 3.05) is 31.6 Å². The van der Waals surface area contributed by atoms with E-state index in [-0.39, 0.29) is 42.9 Å². The molecular formula is C23H32ClN3O4. The molecule has 31 heavy (non-hydrogen) atoms. The van der Waals surface area contributed by atoms with Crippen LogP contribution in [0.2, 0.25) is 0 Å². The Bertz CT molecular complexity index is 823. The van der Waals surface area contributed by atoms with Gasteiger partial charge in [-0.15, -0.1) is 12.4 Å². The summed E-state index contributed by atoms with van der Waals surface area (Å²) in [5.74, 6) is 0.187. The monoisotopic (exact) mass is 449 g/mol. The highest BCUT2D eigenvalue weighted by Crippen LogP contribution is 2.34. The lowest BCUT2D eigenvalue weighted by atomic mass is 9.83. The molecule has 2 aliphatic heterocycles. The number of benzene rings is 1. The van der Waals surface area contributed by atoms with E-state index in [4.69, 9.17) is 4.74 Å². The number of hydrogen-bond acceptors (Lipinski definition) is 5.